The fourth-order valence-electron chi connectivity index (χ4n) is 1.82. The molecule has 0 aliphatic carbocycles. The lowest BCUT2D eigenvalue weighted by molar-refractivity contribution is -0.127. The molecule has 0 aromatic heterocycles. The van der Waals surface area contributed by atoms with Gasteiger partial charge in [-0.1, -0.05) is 36.7 Å². The Morgan fingerprint density at radius 3 is 2.57 bits per heavy atom. The molecule has 1 rings (SSSR count). The molecule has 0 bridgehead atoms. The largest absolute Gasteiger partial charge is 0.342 e. The molecular formula is C11H20BrNO. The molecule has 1 aliphatic heterocycles. The van der Waals surface area contributed by atoms with E-state index in [9.17, 15) is 4.79 Å². The lowest BCUT2D eigenvalue weighted by Gasteiger charge is -2.26. The monoisotopic (exact) mass is 261 g/mol. The summed E-state index contributed by atoms with van der Waals surface area (Å²) >= 11 is 3.39. The summed E-state index contributed by atoms with van der Waals surface area (Å²) in [7, 11) is 0. The molecule has 82 valence electrons. The predicted octanol–water partition coefficient (Wildman–Crippen LogP) is 2.67. The Balaban J connectivity index is 2.47. The third-order valence-electron chi connectivity index (χ3n) is 3.00. The van der Waals surface area contributed by atoms with E-state index in [1.165, 1.54) is 0 Å². The van der Waals surface area contributed by atoms with E-state index in [1.54, 1.807) is 0 Å². The summed E-state index contributed by atoms with van der Waals surface area (Å²) in [6.45, 7) is 8.53. The molecule has 1 saturated heterocycles. The second-order valence-electron chi connectivity index (χ2n) is 5.15. The van der Waals surface area contributed by atoms with Crippen LogP contribution in [-0.4, -0.2) is 29.2 Å². The molecule has 0 N–H and O–H groups in total. The molecule has 14 heavy (non-hydrogen) atoms. The Morgan fingerprint density at radius 2 is 2.14 bits per heavy atom. The Bertz CT molecular complexity index is 210. The lowest BCUT2D eigenvalue weighted by atomic mass is 9.80. The van der Waals surface area contributed by atoms with Gasteiger partial charge in [-0.2, -0.15) is 0 Å². The average molecular weight is 262 g/mol. The van der Waals surface area contributed by atoms with Crippen molar-refractivity contribution in [3.05, 3.63) is 0 Å². The molecule has 3 heteroatoms. The van der Waals surface area contributed by atoms with Gasteiger partial charge in [0.2, 0.25) is 5.91 Å². The van der Waals surface area contributed by atoms with Crippen LogP contribution >= 0.6 is 15.9 Å². The normalized spacial score (nSPS) is 23.3. The van der Waals surface area contributed by atoms with Crippen LogP contribution in [-0.2, 0) is 4.79 Å². The number of alkyl halides is 1. The van der Waals surface area contributed by atoms with Crippen molar-refractivity contribution in [2.24, 2.45) is 11.3 Å². The molecule has 1 aliphatic rings. The SMILES string of the molecule is CC(C)(C)C1CC(=O)N(CCCBr)C1. The first-order chi connectivity index (χ1) is 6.45. The number of carbonyl (C=O) groups is 1. The Morgan fingerprint density at radius 1 is 1.50 bits per heavy atom. The molecule has 0 spiro atoms. The van der Waals surface area contributed by atoms with Gasteiger partial charge in [0.25, 0.3) is 0 Å². The molecule has 1 heterocycles. The first-order valence-corrected chi connectivity index (χ1v) is 6.41. The first-order valence-electron chi connectivity index (χ1n) is 5.29. The maximum atomic E-state index is 11.6. The summed E-state index contributed by atoms with van der Waals surface area (Å²) in [5.41, 5.74) is 0.263. The van der Waals surface area contributed by atoms with Gasteiger partial charge in [0.05, 0.1) is 0 Å². The number of carbonyl (C=O) groups excluding carboxylic acids is 1. The fourth-order valence-corrected chi connectivity index (χ4v) is 2.07. The van der Waals surface area contributed by atoms with Gasteiger partial charge in [-0.25, -0.2) is 0 Å². The molecule has 0 saturated carbocycles. The molecule has 1 atom stereocenters. The Labute approximate surface area is 95.2 Å². The zero-order valence-electron chi connectivity index (χ0n) is 9.35. The van der Waals surface area contributed by atoms with Gasteiger partial charge in [0.1, 0.15) is 0 Å². The molecular weight excluding hydrogens is 242 g/mol. The minimum absolute atomic E-state index is 0.263. The highest BCUT2D eigenvalue weighted by Crippen LogP contribution is 2.34. The number of hydrogen-bond acceptors (Lipinski definition) is 1. The van der Waals surface area contributed by atoms with Gasteiger partial charge in [0, 0.05) is 24.8 Å². The van der Waals surface area contributed by atoms with E-state index in [2.05, 4.69) is 36.7 Å². The molecule has 0 radical (unpaired) electrons. The van der Waals surface area contributed by atoms with Crippen LogP contribution in [0.3, 0.4) is 0 Å². The third-order valence-corrected chi connectivity index (χ3v) is 3.56. The fraction of sp³-hybridized carbons (Fsp3) is 0.909. The molecule has 0 aromatic carbocycles. The summed E-state index contributed by atoms with van der Waals surface area (Å²) in [5, 5.41) is 0.983. The van der Waals surface area contributed by atoms with E-state index in [-0.39, 0.29) is 5.41 Å². The number of amides is 1. The van der Waals surface area contributed by atoms with Crippen molar-refractivity contribution in [3.8, 4) is 0 Å². The summed E-state index contributed by atoms with van der Waals surface area (Å²) in [6, 6.07) is 0. The minimum Gasteiger partial charge on any atom is -0.342 e. The number of halogens is 1. The highest BCUT2D eigenvalue weighted by Gasteiger charge is 2.36. The molecule has 1 fully saturated rings. The first kappa shape index (κ1) is 12.0. The highest BCUT2D eigenvalue weighted by atomic mass is 79.9. The number of nitrogens with zero attached hydrogens (tertiary/aromatic N) is 1. The second kappa shape index (κ2) is 4.65. The zero-order valence-corrected chi connectivity index (χ0v) is 10.9. The van der Waals surface area contributed by atoms with E-state index < -0.39 is 0 Å². The Hall–Kier alpha value is -0.0500. The average Bonchev–Trinajstić information content (AvgIpc) is 2.43. The van der Waals surface area contributed by atoms with E-state index in [0.717, 1.165) is 31.3 Å². The van der Waals surface area contributed by atoms with Crippen molar-refractivity contribution < 1.29 is 4.79 Å². The smallest absolute Gasteiger partial charge is 0.222 e. The topological polar surface area (TPSA) is 20.3 Å². The van der Waals surface area contributed by atoms with E-state index in [1.807, 2.05) is 4.90 Å². The van der Waals surface area contributed by atoms with Gasteiger partial charge >= 0.3 is 0 Å². The molecule has 2 nitrogen and oxygen atoms in total. The lowest BCUT2D eigenvalue weighted by Crippen LogP contribution is -2.28. The van der Waals surface area contributed by atoms with E-state index >= 15 is 0 Å². The highest BCUT2D eigenvalue weighted by molar-refractivity contribution is 9.09. The van der Waals surface area contributed by atoms with Crippen molar-refractivity contribution in [1.82, 2.24) is 4.90 Å². The van der Waals surface area contributed by atoms with Crippen LogP contribution < -0.4 is 0 Å². The molecule has 1 unspecified atom stereocenters. The Kier molecular flexibility index (Phi) is 3.99. The van der Waals surface area contributed by atoms with E-state index in [0.29, 0.717) is 11.8 Å². The van der Waals surface area contributed by atoms with Crippen LogP contribution in [0.4, 0.5) is 0 Å². The predicted molar refractivity (Wildman–Crippen MR) is 62.6 cm³/mol. The third kappa shape index (κ3) is 2.97. The number of hydrogen-bond donors (Lipinski definition) is 0. The van der Waals surface area contributed by atoms with Gasteiger partial charge in [-0.05, 0) is 17.8 Å². The molecule has 0 aromatic rings. The summed E-state index contributed by atoms with van der Waals surface area (Å²) in [6.07, 6.45) is 1.80. The van der Waals surface area contributed by atoms with Crippen molar-refractivity contribution >= 4 is 21.8 Å². The minimum atomic E-state index is 0.263. The van der Waals surface area contributed by atoms with Crippen molar-refractivity contribution in [2.75, 3.05) is 18.4 Å². The van der Waals surface area contributed by atoms with Gasteiger partial charge < -0.3 is 4.90 Å². The van der Waals surface area contributed by atoms with Crippen LogP contribution in [0.25, 0.3) is 0 Å². The van der Waals surface area contributed by atoms with Crippen LogP contribution in [0.1, 0.15) is 33.6 Å². The summed E-state index contributed by atoms with van der Waals surface area (Å²) in [4.78, 5) is 13.7. The van der Waals surface area contributed by atoms with Crippen LogP contribution in [0.2, 0.25) is 0 Å². The second-order valence-corrected chi connectivity index (χ2v) is 5.94. The quantitative estimate of drug-likeness (QED) is 0.716. The zero-order chi connectivity index (χ0) is 10.8. The van der Waals surface area contributed by atoms with E-state index in [4.69, 9.17) is 0 Å². The van der Waals surface area contributed by atoms with Crippen molar-refractivity contribution in [2.45, 2.75) is 33.6 Å². The molecule has 1 amide bonds. The maximum Gasteiger partial charge on any atom is 0.222 e. The van der Waals surface area contributed by atoms with Crippen molar-refractivity contribution in [3.63, 3.8) is 0 Å². The number of likely N-dealkylation sites (tertiary alicyclic amines) is 1. The number of rotatable bonds is 3. The maximum absolute atomic E-state index is 11.6. The summed E-state index contributed by atoms with van der Waals surface area (Å²) in [5.74, 6) is 0.871. The van der Waals surface area contributed by atoms with Crippen molar-refractivity contribution in [1.29, 1.82) is 0 Å². The standard InChI is InChI=1S/C11H20BrNO/c1-11(2,3)9-7-10(14)13(8-9)6-4-5-12/h9H,4-8H2,1-3H3. The summed E-state index contributed by atoms with van der Waals surface area (Å²) < 4.78 is 0. The van der Waals surface area contributed by atoms with Crippen LogP contribution in [0.15, 0.2) is 0 Å². The van der Waals surface area contributed by atoms with Gasteiger partial charge in [-0.3, -0.25) is 4.79 Å². The van der Waals surface area contributed by atoms with Gasteiger partial charge in [0.15, 0.2) is 0 Å². The van der Waals surface area contributed by atoms with Gasteiger partial charge in [-0.15, -0.1) is 0 Å². The van der Waals surface area contributed by atoms with Crippen LogP contribution in [0.5, 0.6) is 0 Å². The van der Waals surface area contributed by atoms with Crippen LogP contribution in [0, 0.1) is 11.3 Å².